The number of fused-ring (bicyclic) bond motifs is 7. The summed E-state index contributed by atoms with van der Waals surface area (Å²) >= 11 is 0. The summed E-state index contributed by atoms with van der Waals surface area (Å²) in [5, 5.41) is 0. The van der Waals surface area contributed by atoms with Crippen LogP contribution in [0.3, 0.4) is 0 Å². The number of carbonyl (C=O) groups is 1. The van der Waals surface area contributed by atoms with Crippen molar-refractivity contribution in [1.82, 2.24) is 0 Å². The van der Waals surface area contributed by atoms with Gasteiger partial charge in [-0.1, -0.05) is 54.6 Å². The highest BCUT2D eigenvalue weighted by Crippen LogP contribution is 2.58. The fourth-order valence-electron chi connectivity index (χ4n) is 4.27. The van der Waals surface area contributed by atoms with Crippen LogP contribution in [0, 0.1) is 0 Å². The van der Waals surface area contributed by atoms with Crippen LogP contribution in [0.5, 0.6) is 0 Å². The van der Waals surface area contributed by atoms with Gasteiger partial charge in [-0.3, -0.25) is 0 Å². The minimum Gasteiger partial charge on any atom is -0.440 e. The van der Waals surface area contributed by atoms with Crippen molar-refractivity contribution in [3.63, 3.8) is 0 Å². The summed E-state index contributed by atoms with van der Waals surface area (Å²) < 4.78 is 6.16. The summed E-state index contributed by atoms with van der Waals surface area (Å²) in [4.78, 5) is 14.8. The Morgan fingerprint density at radius 1 is 0.760 bits per heavy atom. The molecule has 1 unspecified atom stereocenters. The molecule has 1 aliphatic heterocycles. The van der Waals surface area contributed by atoms with Crippen LogP contribution in [-0.4, -0.2) is 20.1 Å². The van der Waals surface area contributed by atoms with Crippen LogP contribution >= 0.6 is 0 Å². The van der Waals surface area contributed by atoms with E-state index in [2.05, 4.69) is 35.2 Å². The van der Waals surface area contributed by atoms with E-state index in [0.717, 1.165) is 33.5 Å². The maximum Gasteiger partial charge on any atom is 0.340 e. The van der Waals surface area contributed by atoms with Gasteiger partial charge in [-0.15, -0.1) is 0 Å². The SMILES string of the molecule is CN(C)c1cccc2c1C1(OC(=O)c3ccccc31)c1ccccc1-2. The second-order valence-electron chi connectivity index (χ2n) is 6.76. The predicted molar refractivity (Wildman–Crippen MR) is 97.9 cm³/mol. The van der Waals surface area contributed by atoms with Crippen molar-refractivity contribution in [1.29, 1.82) is 0 Å². The van der Waals surface area contributed by atoms with Gasteiger partial charge in [0.1, 0.15) is 0 Å². The lowest BCUT2D eigenvalue weighted by Gasteiger charge is -2.30. The summed E-state index contributed by atoms with van der Waals surface area (Å²) in [7, 11) is 4.05. The molecule has 3 heteroatoms. The van der Waals surface area contributed by atoms with Crippen molar-refractivity contribution in [2.45, 2.75) is 5.60 Å². The third kappa shape index (κ3) is 1.63. The molecule has 0 N–H and O–H groups in total. The molecule has 2 aliphatic rings. The van der Waals surface area contributed by atoms with E-state index in [1.54, 1.807) is 0 Å². The quantitative estimate of drug-likeness (QED) is 0.628. The fraction of sp³-hybridized carbons (Fsp3) is 0.136. The highest BCUT2D eigenvalue weighted by molar-refractivity contribution is 6.00. The molecule has 3 aromatic carbocycles. The van der Waals surface area contributed by atoms with Gasteiger partial charge in [0, 0.05) is 36.5 Å². The van der Waals surface area contributed by atoms with Gasteiger partial charge < -0.3 is 9.64 Å². The monoisotopic (exact) mass is 327 g/mol. The number of ether oxygens (including phenoxy) is 1. The summed E-state index contributed by atoms with van der Waals surface area (Å²) in [5.41, 5.74) is 6.15. The third-order valence-electron chi connectivity index (χ3n) is 5.24. The van der Waals surface area contributed by atoms with Crippen LogP contribution in [0.4, 0.5) is 5.69 Å². The third-order valence-corrected chi connectivity index (χ3v) is 5.24. The molecule has 3 aromatic rings. The highest BCUT2D eigenvalue weighted by atomic mass is 16.6. The van der Waals surface area contributed by atoms with E-state index >= 15 is 0 Å². The number of esters is 1. The van der Waals surface area contributed by atoms with Crippen LogP contribution in [0.2, 0.25) is 0 Å². The van der Waals surface area contributed by atoms with E-state index in [1.165, 1.54) is 0 Å². The minimum absolute atomic E-state index is 0.258. The molecule has 1 heterocycles. The molecule has 5 rings (SSSR count). The second kappa shape index (κ2) is 4.73. The molecule has 1 aliphatic carbocycles. The Morgan fingerprint density at radius 3 is 2.08 bits per heavy atom. The molecule has 0 saturated heterocycles. The summed E-state index contributed by atoms with van der Waals surface area (Å²) in [6.07, 6.45) is 0. The van der Waals surface area contributed by atoms with Gasteiger partial charge >= 0.3 is 5.97 Å². The molecule has 1 atom stereocenters. The van der Waals surface area contributed by atoms with Crippen LogP contribution in [0.1, 0.15) is 27.0 Å². The van der Waals surface area contributed by atoms with E-state index in [-0.39, 0.29) is 5.97 Å². The lowest BCUT2D eigenvalue weighted by molar-refractivity contribution is 0.0266. The topological polar surface area (TPSA) is 29.5 Å². The molecule has 0 aromatic heterocycles. The maximum atomic E-state index is 12.7. The van der Waals surface area contributed by atoms with Gasteiger partial charge in [-0.25, -0.2) is 4.79 Å². The standard InChI is InChI=1S/C22H17NO2/c1-23(2)19-13-7-10-15-14-8-3-5-11-17(14)22(20(15)19)18-12-6-4-9-16(18)21(24)25-22/h3-13H,1-2H3. The first kappa shape index (κ1) is 14.3. The van der Waals surface area contributed by atoms with Gasteiger partial charge in [-0.2, -0.15) is 0 Å². The highest BCUT2D eigenvalue weighted by Gasteiger charge is 2.55. The molecule has 3 nitrogen and oxygen atoms in total. The Kier molecular flexibility index (Phi) is 2.70. The number of rotatable bonds is 1. The fourth-order valence-corrected chi connectivity index (χ4v) is 4.27. The number of hydrogen-bond donors (Lipinski definition) is 0. The number of hydrogen-bond acceptors (Lipinski definition) is 3. The van der Waals surface area contributed by atoms with Gasteiger partial charge in [0.15, 0.2) is 5.60 Å². The van der Waals surface area contributed by atoms with Crippen LogP contribution < -0.4 is 4.90 Å². The number of anilines is 1. The largest absolute Gasteiger partial charge is 0.440 e. The molecule has 0 saturated carbocycles. The zero-order valence-corrected chi connectivity index (χ0v) is 14.1. The van der Waals surface area contributed by atoms with E-state index in [1.807, 2.05) is 50.5 Å². The molecule has 1 spiro atoms. The summed E-state index contributed by atoms with van der Waals surface area (Å²) in [5.74, 6) is -0.258. The number of benzene rings is 3. The number of carbonyl (C=O) groups excluding carboxylic acids is 1. The first-order chi connectivity index (χ1) is 12.1. The maximum absolute atomic E-state index is 12.7. The molecule has 25 heavy (non-hydrogen) atoms. The van der Waals surface area contributed by atoms with Crippen molar-refractivity contribution < 1.29 is 9.53 Å². The summed E-state index contributed by atoms with van der Waals surface area (Å²) in [6, 6.07) is 22.2. The number of nitrogens with zero attached hydrogens (tertiary/aromatic N) is 1. The zero-order chi connectivity index (χ0) is 17.2. The first-order valence-electron chi connectivity index (χ1n) is 8.38. The van der Waals surface area contributed by atoms with Crippen LogP contribution in [-0.2, 0) is 10.3 Å². The van der Waals surface area contributed by atoms with Gasteiger partial charge in [0.05, 0.1) is 5.56 Å². The smallest absolute Gasteiger partial charge is 0.340 e. The normalized spacial score (nSPS) is 19.4. The molecular weight excluding hydrogens is 310 g/mol. The Morgan fingerprint density at radius 2 is 1.36 bits per heavy atom. The van der Waals surface area contributed by atoms with Crippen molar-refractivity contribution in [3.05, 3.63) is 89.0 Å². The minimum atomic E-state index is -0.861. The lowest BCUT2D eigenvalue weighted by Crippen LogP contribution is -2.29. The Hall–Kier alpha value is -3.07. The second-order valence-corrected chi connectivity index (χ2v) is 6.76. The Bertz CT molecular complexity index is 1040. The average Bonchev–Trinajstić information content (AvgIpc) is 3.10. The van der Waals surface area contributed by atoms with Crippen LogP contribution in [0.15, 0.2) is 66.7 Å². The molecule has 0 bridgehead atoms. The summed E-state index contributed by atoms with van der Waals surface area (Å²) in [6.45, 7) is 0. The molecule has 0 fully saturated rings. The van der Waals surface area contributed by atoms with Gasteiger partial charge in [0.25, 0.3) is 0 Å². The first-order valence-corrected chi connectivity index (χ1v) is 8.38. The van der Waals surface area contributed by atoms with Crippen molar-refractivity contribution in [2.24, 2.45) is 0 Å². The van der Waals surface area contributed by atoms with Crippen molar-refractivity contribution >= 4 is 11.7 Å². The van der Waals surface area contributed by atoms with Crippen molar-refractivity contribution in [3.8, 4) is 11.1 Å². The van der Waals surface area contributed by atoms with E-state index < -0.39 is 5.60 Å². The molecular formula is C22H17NO2. The molecule has 122 valence electrons. The van der Waals surface area contributed by atoms with E-state index in [0.29, 0.717) is 5.56 Å². The van der Waals surface area contributed by atoms with Crippen molar-refractivity contribution in [2.75, 3.05) is 19.0 Å². The predicted octanol–water partition coefficient (Wildman–Crippen LogP) is 4.20. The van der Waals surface area contributed by atoms with Gasteiger partial charge in [0.2, 0.25) is 0 Å². The zero-order valence-electron chi connectivity index (χ0n) is 14.1. The lowest BCUT2D eigenvalue weighted by atomic mass is 9.82. The van der Waals surface area contributed by atoms with E-state index in [9.17, 15) is 4.79 Å². The van der Waals surface area contributed by atoms with Crippen LogP contribution in [0.25, 0.3) is 11.1 Å². The average molecular weight is 327 g/mol. The molecule has 0 amide bonds. The van der Waals surface area contributed by atoms with E-state index in [4.69, 9.17) is 4.74 Å². The molecule has 0 radical (unpaired) electrons. The Labute approximate surface area is 146 Å². The van der Waals surface area contributed by atoms with Gasteiger partial charge in [-0.05, 0) is 23.3 Å². The Balaban J connectivity index is 1.97.